The van der Waals surface area contributed by atoms with E-state index in [1.54, 1.807) is 6.08 Å². The lowest BCUT2D eigenvalue weighted by molar-refractivity contribution is -0.870. The zero-order valence-electron chi connectivity index (χ0n) is 38.9. The molecule has 59 heavy (non-hydrogen) atoms. The fourth-order valence-corrected chi connectivity index (χ4v) is 7.28. The van der Waals surface area contributed by atoms with Crippen molar-refractivity contribution in [1.29, 1.82) is 0 Å². The molecule has 0 fully saturated rings. The molecular weight excluding hydrogens is 756 g/mol. The Bertz CT molecular complexity index is 1140. The maximum Gasteiger partial charge on any atom is 0.268 e. The van der Waals surface area contributed by atoms with Crippen LogP contribution in [0.4, 0.5) is 0 Å². The van der Waals surface area contributed by atoms with Crippen molar-refractivity contribution in [3.05, 3.63) is 60.8 Å². The van der Waals surface area contributed by atoms with Gasteiger partial charge in [0.25, 0.3) is 7.82 Å². The van der Waals surface area contributed by atoms with E-state index in [4.69, 9.17) is 9.05 Å². The molecule has 0 spiro atoms. The molecule has 3 unspecified atom stereocenters. The molecule has 9 heteroatoms. The topological polar surface area (TPSA) is 108 Å². The van der Waals surface area contributed by atoms with Crippen LogP contribution >= 0.6 is 7.82 Å². The van der Waals surface area contributed by atoms with E-state index < -0.39 is 26.6 Å². The van der Waals surface area contributed by atoms with Gasteiger partial charge < -0.3 is 28.8 Å². The highest BCUT2D eigenvalue weighted by Gasteiger charge is 2.23. The van der Waals surface area contributed by atoms with E-state index in [-0.39, 0.29) is 12.5 Å². The van der Waals surface area contributed by atoms with Gasteiger partial charge >= 0.3 is 0 Å². The van der Waals surface area contributed by atoms with E-state index in [1.807, 2.05) is 27.2 Å². The number of nitrogens with one attached hydrogen (secondary N) is 1. The minimum atomic E-state index is -4.61. The Labute approximate surface area is 364 Å². The molecule has 3 atom stereocenters. The number of carbonyl (C=O) groups is 1. The zero-order chi connectivity index (χ0) is 43.6. The normalized spacial score (nSPS) is 14.8. The van der Waals surface area contributed by atoms with Crippen LogP contribution in [0.1, 0.15) is 200 Å². The molecule has 0 bridgehead atoms. The summed E-state index contributed by atoms with van der Waals surface area (Å²) in [5.74, 6) is -0.228. The summed E-state index contributed by atoms with van der Waals surface area (Å²) in [5.41, 5.74) is 0. The average molecular weight is 849 g/mol. The number of aliphatic hydroxyl groups excluding tert-OH is 1. The maximum absolute atomic E-state index is 12.8. The minimum absolute atomic E-state index is 0.0141. The number of phosphoric ester groups is 1. The number of carbonyl (C=O) groups excluding carboxylic acids is 1. The highest BCUT2D eigenvalue weighted by Crippen LogP contribution is 2.38. The van der Waals surface area contributed by atoms with Crippen LogP contribution < -0.4 is 10.2 Å². The van der Waals surface area contributed by atoms with Gasteiger partial charge in [-0.3, -0.25) is 9.36 Å². The number of hydrogen-bond donors (Lipinski definition) is 2. The number of allylic oxidation sites excluding steroid dienone is 9. The van der Waals surface area contributed by atoms with Gasteiger partial charge in [-0.15, -0.1) is 0 Å². The number of quaternary nitrogens is 1. The van der Waals surface area contributed by atoms with Crippen molar-refractivity contribution < 1.29 is 32.9 Å². The van der Waals surface area contributed by atoms with Crippen LogP contribution in [0.15, 0.2) is 60.8 Å². The second kappa shape index (κ2) is 41.5. The molecule has 8 nitrogen and oxygen atoms in total. The number of amides is 1. The smallest absolute Gasteiger partial charge is 0.268 e. The van der Waals surface area contributed by atoms with Crippen LogP contribution in [-0.2, 0) is 18.4 Å². The van der Waals surface area contributed by atoms with Gasteiger partial charge in [0.15, 0.2) is 0 Å². The summed E-state index contributed by atoms with van der Waals surface area (Å²) in [6.07, 6.45) is 54.2. The lowest BCUT2D eigenvalue weighted by Crippen LogP contribution is -2.45. The van der Waals surface area contributed by atoms with Gasteiger partial charge in [-0.25, -0.2) is 0 Å². The highest BCUT2D eigenvalue weighted by atomic mass is 31.2. The van der Waals surface area contributed by atoms with Gasteiger partial charge in [-0.05, 0) is 70.6 Å². The first-order valence-corrected chi connectivity index (χ1v) is 25.6. The van der Waals surface area contributed by atoms with Gasteiger partial charge in [-0.1, -0.05) is 184 Å². The number of aliphatic hydroxyl groups is 1. The van der Waals surface area contributed by atoms with Gasteiger partial charge in [0.1, 0.15) is 13.2 Å². The molecule has 344 valence electrons. The first-order chi connectivity index (χ1) is 28.5. The summed E-state index contributed by atoms with van der Waals surface area (Å²) in [7, 11) is 1.22. The summed E-state index contributed by atoms with van der Waals surface area (Å²) in [6, 6.07) is -0.918. The van der Waals surface area contributed by atoms with E-state index in [1.165, 1.54) is 109 Å². The molecule has 0 radical (unpaired) electrons. The third-order valence-electron chi connectivity index (χ3n) is 10.4. The maximum atomic E-state index is 12.8. The van der Waals surface area contributed by atoms with Crippen LogP contribution in [0, 0.1) is 0 Å². The zero-order valence-corrected chi connectivity index (χ0v) is 39.8. The van der Waals surface area contributed by atoms with Gasteiger partial charge in [0.2, 0.25) is 5.91 Å². The van der Waals surface area contributed by atoms with Crippen molar-refractivity contribution in [2.45, 2.75) is 212 Å². The average Bonchev–Trinajstić information content (AvgIpc) is 3.19. The number of likely N-dealkylation sites (N-methyl/N-ethyl adjacent to an activating group) is 1. The Morgan fingerprint density at radius 3 is 1.53 bits per heavy atom. The quantitative estimate of drug-likeness (QED) is 0.0274. The summed E-state index contributed by atoms with van der Waals surface area (Å²) >= 11 is 0. The van der Waals surface area contributed by atoms with Crippen molar-refractivity contribution >= 4 is 13.7 Å². The number of unbranched alkanes of at least 4 members (excludes halogenated alkanes) is 22. The predicted octanol–water partition coefficient (Wildman–Crippen LogP) is 13.2. The number of rotatable bonds is 43. The Kier molecular flexibility index (Phi) is 40.3. The van der Waals surface area contributed by atoms with Crippen molar-refractivity contribution in [2.24, 2.45) is 0 Å². The van der Waals surface area contributed by atoms with E-state index in [2.05, 4.69) is 67.8 Å². The minimum Gasteiger partial charge on any atom is -0.756 e. The first kappa shape index (κ1) is 57.2. The molecular formula is C50H93N2O6P. The molecule has 0 aromatic carbocycles. The van der Waals surface area contributed by atoms with Crippen LogP contribution in [0.25, 0.3) is 0 Å². The lowest BCUT2D eigenvalue weighted by Gasteiger charge is -2.29. The fourth-order valence-electron chi connectivity index (χ4n) is 6.55. The van der Waals surface area contributed by atoms with Gasteiger partial charge in [0.05, 0.1) is 39.9 Å². The standard InChI is InChI=1S/C50H93N2O6P/c1-6-8-10-12-14-16-18-20-22-23-24-25-26-27-28-29-30-31-33-35-37-39-41-43-49(53)48(47-58-59(55,56)57-46-45-52(3,4)5)51-50(54)44-42-40-38-36-34-32-21-19-17-15-13-11-9-7-2/h13,15,19,21,28-29,33,35,41,43,48-49,53H,6-12,14,16-18,20,22-27,30-32,34,36-40,42,44-47H2,1-5H3,(H-,51,54,55,56)/b15-13-,21-19-,29-28+,35-33+,43-41+. The second-order valence-electron chi connectivity index (χ2n) is 17.4. The van der Waals surface area contributed by atoms with Crippen molar-refractivity contribution in [2.75, 3.05) is 40.9 Å². The SMILES string of the molecule is CCCC/C=C\C/C=C\CCCCCCCC(=O)NC(COP(=O)([O-])OCC[N+](C)(C)C)C(O)/C=C/CC/C=C/CC/C=C/CCCCCCCCCCCCCCC. The molecule has 0 heterocycles. The first-order valence-electron chi connectivity index (χ1n) is 24.2. The molecule has 0 saturated heterocycles. The lowest BCUT2D eigenvalue weighted by atomic mass is 10.0. The summed E-state index contributed by atoms with van der Waals surface area (Å²) in [6.45, 7) is 4.56. The Hall–Kier alpha value is -1.80. The molecule has 2 N–H and O–H groups in total. The van der Waals surface area contributed by atoms with E-state index in [0.717, 1.165) is 70.6 Å². The molecule has 0 rings (SSSR count). The van der Waals surface area contributed by atoms with Crippen LogP contribution in [0.5, 0.6) is 0 Å². The second-order valence-corrected chi connectivity index (χ2v) is 18.8. The summed E-state index contributed by atoms with van der Waals surface area (Å²) < 4.78 is 23.2. The molecule has 0 aliphatic carbocycles. The Balaban J connectivity index is 4.43. The van der Waals surface area contributed by atoms with Crippen molar-refractivity contribution in [3.63, 3.8) is 0 Å². The fraction of sp³-hybridized carbons (Fsp3) is 0.780. The number of nitrogens with zero attached hydrogens (tertiary/aromatic N) is 1. The Morgan fingerprint density at radius 2 is 1.02 bits per heavy atom. The number of hydrogen-bond acceptors (Lipinski definition) is 6. The molecule has 0 aliphatic rings. The predicted molar refractivity (Wildman–Crippen MR) is 251 cm³/mol. The van der Waals surface area contributed by atoms with Crippen molar-refractivity contribution in [3.8, 4) is 0 Å². The van der Waals surface area contributed by atoms with E-state index in [0.29, 0.717) is 17.4 Å². The molecule has 1 amide bonds. The molecule has 0 aromatic rings. The third kappa shape index (κ3) is 44.1. The molecule has 0 aromatic heterocycles. The third-order valence-corrected chi connectivity index (χ3v) is 11.4. The Morgan fingerprint density at radius 1 is 0.593 bits per heavy atom. The molecule has 0 saturated carbocycles. The van der Waals surface area contributed by atoms with Crippen LogP contribution in [0.2, 0.25) is 0 Å². The number of phosphoric acid groups is 1. The van der Waals surface area contributed by atoms with Crippen LogP contribution in [-0.4, -0.2) is 68.5 Å². The van der Waals surface area contributed by atoms with Gasteiger partial charge in [0, 0.05) is 6.42 Å². The summed E-state index contributed by atoms with van der Waals surface area (Å²) in [5, 5.41) is 13.8. The molecule has 0 aliphatic heterocycles. The highest BCUT2D eigenvalue weighted by molar-refractivity contribution is 7.45. The van der Waals surface area contributed by atoms with Crippen molar-refractivity contribution in [1.82, 2.24) is 5.32 Å². The largest absolute Gasteiger partial charge is 0.756 e. The van der Waals surface area contributed by atoms with Gasteiger partial charge in [-0.2, -0.15) is 0 Å². The van der Waals surface area contributed by atoms with E-state index in [9.17, 15) is 19.4 Å². The monoisotopic (exact) mass is 849 g/mol. The van der Waals surface area contributed by atoms with E-state index >= 15 is 0 Å². The van der Waals surface area contributed by atoms with Crippen LogP contribution in [0.3, 0.4) is 0 Å². The summed E-state index contributed by atoms with van der Waals surface area (Å²) in [4.78, 5) is 25.3.